The second kappa shape index (κ2) is 5.28. The lowest BCUT2D eigenvalue weighted by Crippen LogP contribution is -2.27. The highest BCUT2D eigenvalue weighted by molar-refractivity contribution is 5.66. The summed E-state index contributed by atoms with van der Waals surface area (Å²) >= 11 is 0. The summed E-state index contributed by atoms with van der Waals surface area (Å²) in [6.45, 7) is 8.19. The summed E-state index contributed by atoms with van der Waals surface area (Å²) in [6, 6.07) is 0. The van der Waals surface area contributed by atoms with Crippen molar-refractivity contribution in [3.63, 3.8) is 0 Å². The highest BCUT2D eigenvalue weighted by Gasteiger charge is 2.49. The van der Waals surface area contributed by atoms with Crippen molar-refractivity contribution in [2.45, 2.75) is 65.6 Å². The van der Waals surface area contributed by atoms with Gasteiger partial charge < -0.3 is 9.84 Å². The summed E-state index contributed by atoms with van der Waals surface area (Å²) in [4.78, 5) is 11.1. The molecule has 4 atom stereocenters. The summed E-state index contributed by atoms with van der Waals surface area (Å²) in [7, 11) is 0. The molecular formula is C16H26O3. The number of aliphatic hydroxyl groups is 1. The van der Waals surface area contributed by atoms with Crippen LogP contribution in [0.25, 0.3) is 0 Å². The zero-order valence-corrected chi connectivity index (χ0v) is 12.5. The van der Waals surface area contributed by atoms with Gasteiger partial charge in [-0.3, -0.25) is 4.79 Å². The van der Waals surface area contributed by atoms with Gasteiger partial charge in [-0.2, -0.15) is 0 Å². The van der Waals surface area contributed by atoms with Gasteiger partial charge in [0, 0.05) is 6.92 Å². The number of carbonyl (C=O) groups excluding carboxylic acids is 1. The Hall–Kier alpha value is -0.830. The van der Waals surface area contributed by atoms with Crippen LogP contribution in [0, 0.1) is 17.3 Å². The molecule has 2 rings (SSSR count). The molecule has 3 nitrogen and oxygen atoms in total. The van der Waals surface area contributed by atoms with Crippen molar-refractivity contribution < 1.29 is 14.6 Å². The standard InChI is InChI=1S/C16H26O3/c1-10(2)13-9-15(18)14-8-12(19-11(3)17)6-5-7-16(13,14)4/h8,10,12-13,15,18H,5-7,9H2,1-4H3/t12?,13-,15+,16-/m1/s1. The first-order chi connectivity index (χ1) is 8.84. The van der Waals surface area contributed by atoms with E-state index in [-0.39, 0.29) is 23.6 Å². The second-order valence-electron chi connectivity index (χ2n) is 6.68. The van der Waals surface area contributed by atoms with E-state index < -0.39 is 0 Å². The Kier molecular flexibility index (Phi) is 4.05. The van der Waals surface area contributed by atoms with E-state index >= 15 is 0 Å². The number of fused-ring (bicyclic) bond motifs is 1. The van der Waals surface area contributed by atoms with Gasteiger partial charge in [0.25, 0.3) is 0 Å². The van der Waals surface area contributed by atoms with Gasteiger partial charge in [-0.05, 0) is 54.6 Å². The fourth-order valence-electron chi connectivity index (χ4n) is 4.12. The van der Waals surface area contributed by atoms with E-state index in [1.807, 2.05) is 6.08 Å². The van der Waals surface area contributed by atoms with Crippen LogP contribution >= 0.6 is 0 Å². The van der Waals surface area contributed by atoms with E-state index in [0.717, 1.165) is 31.3 Å². The summed E-state index contributed by atoms with van der Waals surface area (Å²) in [6.07, 6.45) is 5.34. The molecule has 0 amide bonds. The van der Waals surface area contributed by atoms with Crippen molar-refractivity contribution in [3.05, 3.63) is 11.6 Å². The highest BCUT2D eigenvalue weighted by atomic mass is 16.5. The third kappa shape index (κ3) is 2.71. The van der Waals surface area contributed by atoms with Crippen molar-refractivity contribution in [2.75, 3.05) is 0 Å². The van der Waals surface area contributed by atoms with Crippen molar-refractivity contribution in [1.29, 1.82) is 0 Å². The first-order valence-electron chi connectivity index (χ1n) is 7.42. The van der Waals surface area contributed by atoms with Gasteiger partial charge in [0.1, 0.15) is 6.10 Å². The fourth-order valence-corrected chi connectivity index (χ4v) is 4.12. The summed E-state index contributed by atoms with van der Waals surface area (Å²) in [5, 5.41) is 10.4. The highest BCUT2D eigenvalue weighted by Crippen LogP contribution is 2.54. The van der Waals surface area contributed by atoms with E-state index in [1.165, 1.54) is 6.92 Å². The van der Waals surface area contributed by atoms with Crippen molar-refractivity contribution in [1.82, 2.24) is 0 Å². The van der Waals surface area contributed by atoms with Crippen LogP contribution in [-0.2, 0) is 9.53 Å². The van der Waals surface area contributed by atoms with Crippen LogP contribution < -0.4 is 0 Å². The van der Waals surface area contributed by atoms with E-state index in [0.29, 0.717) is 11.8 Å². The number of hydrogen-bond acceptors (Lipinski definition) is 3. The van der Waals surface area contributed by atoms with Crippen LogP contribution in [0.2, 0.25) is 0 Å². The first kappa shape index (κ1) is 14.6. The van der Waals surface area contributed by atoms with E-state index in [1.54, 1.807) is 0 Å². The molecule has 3 heteroatoms. The second-order valence-corrected chi connectivity index (χ2v) is 6.68. The average molecular weight is 266 g/mol. The molecule has 0 spiro atoms. The summed E-state index contributed by atoms with van der Waals surface area (Å²) in [5.74, 6) is 0.846. The van der Waals surface area contributed by atoms with Crippen molar-refractivity contribution in [3.8, 4) is 0 Å². The molecule has 2 aliphatic carbocycles. The number of hydrogen-bond donors (Lipinski definition) is 1. The van der Waals surface area contributed by atoms with E-state index in [2.05, 4.69) is 20.8 Å². The molecule has 0 heterocycles. The van der Waals surface area contributed by atoms with Crippen LogP contribution in [-0.4, -0.2) is 23.3 Å². The Morgan fingerprint density at radius 2 is 2.21 bits per heavy atom. The Morgan fingerprint density at radius 3 is 2.79 bits per heavy atom. The maximum atomic E-state index is 11.1. The molecular weight excluding hydrogens is 240 g/mol. The molecule has 0 bridgehead atoms. The molecule has 108 valence electrons. The number of ether oxygens (including phenoxy) is 1. The molecule has 1 saturated carbocycles. The molecule has 19 heavy (non-hydrogen) atoms. The largest absolute Gasteiger partial charge is 0.458 e. The monoisotopic (exact) mass is 266 g/mol. The molecule has 0 aromatic carbocycles. The molecule has 0 saturated heterocycles. The lowest BCUT2D eigenvalue weighted by Gasteiger charge is -2.34. The maximum absolute atomic E-state index is 11.1. The van der Waals surface area contributed by atoms with Gasteiger partial charge >= 0.3 is 5.97 Å². The summed E-state index contributed by atoms with van der Waals surface area (Å²) in [5.41, 5.74) is 1.18. The smallest absolute Gasteiger partial charge is 0.303 e. The Bertz CT molecular complexity index is 385. The van der Waals surface area contributed by atoms with Crippen molar-refractivity contribution >= 4 is 5.97 Å². The topological polar surface area (TPSA) is 46.5 Å². The van der Waals surface area contributed by atoms with Crippen molar-refractivity contribution in [2.24, 2.45) is 17.3 Å². The molecule has 1 N–H and O–H groups in total. The zero-order chi connectivity index (χ0) is 14.2. The Labute approximate surface area is 116 Å². The molecule has 1 fully saturated rings. The van der Waals surface area contributed by atoms with Gasteiger partial charge in [-0.25, -0.2) is 0 Å². The minimum Gasteiger partial charge on any atom is -0.458 e. The number of aliphatic hydroxyl groups excluding tert-OH is 1. The molecule has 0 aromatic heterocycles. The Morgan fingerprint density at radius 1 is 1.53 bits per heavy atom. The summed E-state index contributed by atoms with van der Waals surface area (Å²) < 4.78 is 5.34. The number of esters is 1. The van der Waals surface area contributed by atoms with E-state index in [4.69, 9.17) is 4.74 Å². The average Bonchev–Trinajstić information content (AvgIpc) is 2.44. The van der Waals surface area contributed by atoms with Gasteiger partial charge in [0.15, 0.2) is 0 Å². The minimum atomic E-state index is -0.367. The van der Waals surface area contributed by atoms with Crippen LogP contribution in [0.1, 0.15) is 53.4 Å². The van der Waals surface area contributed by atoms with E-state index in [9.17, 15) is 9.90 Å². The normalized spacial score (nSPS) is 38.6. The van der Waals surface area contributed by atoms with Crippen LogP contribution in [0.5, 0.6) is 0 Å². The molecule has 0 aromatic rings. The lowest BCUT2D eigenvalue weighted by molar-refractivity contribution is -0.144. The van der Waals surface area contributed by atoms with Gasteiger partial charge in [0.05, 0.1) is 6.10 Å². The van der Waals surface area contributed by atoms with Gasteiger partial charge in [-0.1, -0.05) is 20.8 Å². The molecule has 2 aliphatic rings. The third-order valence-electron chi connectivity index (χ3n) is 4.99. The quantitative estimate of drug-likeness (QED) is 0.617. The number of rotatable bonds is 2. The van der Waals surface area contributed by atoms with Gasteiger partial charge in [-0.15, -0.1) is 0 Å². The Balaban J connectivity index is 2.30. The third-order valence-corrected chi connectivity index (χ3v) is 4.99. The minimum absolute atomic E-state index is 0.0719. The molecule has 1 unspecified atom stereocenters. The van der Waals surface area contributed by atoms with Crippen LogP contribution in [0.4, 0.5) is 0 Å². The molecule has 0 radical (unpaired) electrons. The fraction of sp³-hybridized carbons (Fsp3) is 0.812. The van der Waals surface area contributed by atoms with Crippen LogP contribution in [0.15, 0.2) is 11.6 Å². The SMILES string of the molecule is CC(=O)OC1C=C2[C@@H](O)C[C@H](C(C)C)[C@@]2(C)CCC1. The van der Waals surface area contributed by atoms with Crippen LogP contribution in [0.3, 0.4) is 0 Å². The van der Waals surface area contributed by atoms with Gasteiger partial charge in [0.2, 0.25) is 0 Å². The predicted octanol–water partition coefficient (Wildman–Crippen LogP) is 3.07. The number of carbonyl (C=O) groups is 1. The zero-order valence-electron chi connectivity index (χ0n) is 12.5. The maximum Gasteiger partial charge on any atom is 0.303 e. The predicted molar refractivity (Wildman–Crippen MR) is 74.5 cm³/mol. The lowest BCUT2D eigenvalue weighted by atomic mass is 9.70. The first-order valence-corrected chi connectivity index (χ1v) is 7.42. The molecule has 0 aliphatic heterocycles.